The number of halogens is 1. The van der Waals surface area contributed by atoms with E-state index in [2.05, 4.69) is 21.2 Å². The Hall–Kier alpha value is -2.54. The van der Waals surface area contributed by atoms with Crippen LogP contribution in [0.2, 0.25) is 0 Å². The molecule has 0 spiro atoms. The van der Waals surface area contributed by atoms with Crippen LogP contribution in [0.15, 0.2) is 40.9 Å². The minimum Gasteiger partial charge on any atom is -0.486 e. The van der Waals surface area contributed by atoms with Crippen LogP contribution in [0.1, 0.15) is 20.7 Å². The second-order valence-corrected chi connectivity index (χ2v) is 5.82. The lowest BCUT2D eigenvalue weighted by atomic mass is 10.1. The van der Waals surface area contributed by atoms with Crippen LogP contribution in [-0.4, -0.2) is 32.2 Å². The zero-order valence-electron chi connectivity index (χ0n) is 12.8. The molecular weight excluding hydrogens is 378 g/mol. The van der Waals surface area contributed by atoms with Crippen molar-refractivity contribution in [3.8, 4) is 11.5 Å². The fourth-order valence-corrected chi connectivity index (χ4v) is 2.81. The van der Waals surface area contributed by atoms with Crippen LogP contribution >= 0.6 is 15.9 Å². The molecule has 1 aliphatic rings. The van der Waals surface area contributed by atoms with Crippen LogP contribution in [0, 0.1) is 0 Å². The highest BCUT2D eigenvalue weighted by Gasteiger charge is 2.20. The molecule has 1 N–H and O–H groups in total. The van der Waals surface area contributed by atoms with Gasteiger partial charge in [-0.2, -0.15) is 0 Å². The number of hydrogen-bond donors (Lipinski definition) is 1. The highest BCUT2D eigenvalue weighted by Crippen LogP contribution is 2.35. The zero-order chi connectivity index (χ0) is 17.1. The van der Waals surface area contributed by atoms with E-state index in [9.17, 15) is 9.59 Å². The van der Waals surface area contributed by atoms with E-state index in [1.54, 1.807) is 36.4 Å². The van der Waals surface area contributed by atoms with Gasteiger partial charge in [0.05, 0.1) is 23.9 Å². The lowest BCUT2D eigenvalue weighted by Crippen LogP contribution is -2.18. The Morgan fingerprint density at radius 3 is 2.46 bits per heavy atom. The number of methoxy groups -OCH3 is 1. The molecule has 124 valence electrons. The number of esters is 1. The molecule has 0 bridgehead atoms. The van der Waals surface area contributed by atoms with E-state index in [1.165, 1.54) is 7.11 Å². The van der Waals surface area contributed by atoms with Crippen LogP contribution < -0.4 is 14.8 Å². The first-order chi connectivity index (χ1) is 11.6. The molecule has 0 saturated carbocycles. The van der Waals surface area contributed by atoms with E-state index in [4.69, 9.17) is 14.2 Å². The van der Waals surface area contributed by atoms with Gasteiger partial charge in [0.25, 0.3) is 5.91 Å². The number of anilines is 1. The van der Waals surface area contributed by atoms with Crippen LogP contribution in [0.4, 0.5) is 5.69 Å². The summed E-state index contributed by atoms with van der Waals surface area (Å²) >= 11 is 3.36. The second-order valence-electron chi connectivity index (χ2n) is 4.97. The molecular formula is C17H14BrNO5. The standard InChI is InChI=1S/C17H14BrNO5/c1-22-17(21)10-4-2-3-5-13(10)19-16(20)11-8-14-15(9-12(11)18)24-7-6-23-14/h2-5,8-9H,6-7H2,1H3,(H,19,20). The van der Waals surface area contributed by atoms with Gasteiger partial charge in [0.2, 0.25) is 0 Å². The average Bonchev–Trinajstić information content (AvgIpc) is 2.60. The molecule has 1 heterocycles. The van der Waals surface area contributed by atoms with Gasteiger partial charge >= 0.3 is 5.97 Å². The number of benzene rings is 2. The molecule has 0 aliphatic carbocycles. The van der Waals surface area contributed by atoms with Crippen molar-refractivity contribution in [3.63, 3.8) is 0 Å². The molecule has 1 amide bonds. The van der Waals surface area contributed by atoms with Gasteiger partial charge in [-0.05, 0) is 40.2 Å². The Labute approximate surface area is 146 Å². The number of hydrogen-bond acceptors (Lipinski definition) is 5. The molecule has 0 atom stereocenters. The van der Waals surface area contributed by atoms with Crippen molar-refractivity contribution in [2.75, 3.05) is 25.6 Å². The van der Waals surface area contributed by atoms with Crippen molar-refractivity contribution >= 4 is 33.5 Å². The fraction of sp³-hybridized carbons (Fsp3) is 0.176. The van der Waals surface area contributed by atoms with Gasteiger partial charge < -0.3 is 19.5 Å². The average molecular weight is 392 g/mol. The van der Waals surface area contributed by atoms with Gasteiger partial charge in [0.15, 0.2) is 11.5 Å². The quantitative estimate of drug-likeness (QED) is 0.812. The minimum atomic E-state index is -0.521. The Morgan fingerprint density at radius 1 is 1.08 bits per heavy atom. The van der Waals surface area contributed by atoms with Gasteiger partial charge in [0.1, 0.15) is 13.2 Å². The third-order valence-corrected chi connectivity index (χ3v) is 4.11. The maximum absolute atomic E-state index is 12.6. The minimum absolute atomic E-state index is 0.280. The Balaban J connectivity index is 1.90. The van der Waals surface area contributed by atoms with E-state index in [-0.39, 0.29) is 11.5 Å². The van der Waals surface area contributed by atoms with Gasteiger partial charge in [0, 0.05) is 4.47 Å². The molecule has 3 rings (SSSR count). The Morgan fingerprint density at radius 2 is 1.75 bits per heavy atom. The lowest BCUT2D eigenvalue weighted by molar-refractivity contribution is 0.0602. The summed E-state index contributed by atoms with van der Waals surface area (Å²) < 4.78 is 16.3. The zero-order valence-corrected chi connectivity index (χ0v) is 14.4. The number of carbonyl (C=O) groups is 2. The van der Waals surface area contributed by atoms with E-state index in [0.717, 1.165) is 0 Å². The molecule has 0 saturated heterocycles. The highest BCUT2D eigenvalue weighted by molar-refractivity contribution is 9.10. The maximum Gasteiger partial charge on any atom is 0.339 e. The highest BCUT2D eigenvalue weighted by atomic mass is 79.9. The van der Waals surface area contributed by atoms with Crippen molar-refractivity contribution in [2.24, 2.45) is 0 Å². The molecule has 0 unspecified atom stereocenters. The maximum atomic E-state index is 12.6. The first-order valence-corrected chi connectivity index (χ1v) is 7.97. The molecule has 6 nitrogen and oxygen atoms in total. The predicted molar refractivity (Wildman–Crippen MR) is 90.9 cm³/mol. The van der Waals surface area contributed by atoms with Crippen LogP contribution in [0.5, 0.6) is 11.5 Å². The number of nitrogens with one attached hydrogen (secondary N) is 1. The van der Waals surface area contributed by atoms with Gasteiger partial charge in [-0.15, -0.1) is 0 Å². The van der Waals surface area contributed by atoms with Crippen LogP contribution in [-0.2, 0) is 4.74 Å². The largest absolute Gasteiger partial charge is 0.486 e. The van der Waals surface area contributed by atoms with E-state index < -0.39 is 5.97 Å². The first kappa shape index (κ1) is 16.3. The number of para-hydroxylation sites is 1. The number of carbonyl (C=O) groups excluding carboxylic acids is 2. The molecule has 2 aromatic carbocycles. The molecule has 1 aliphatic heterocycles. The second kappa shape index (κ2) is 6.92. The molecule has 0 fully saturated rings. The van der Waals surface area contributed by atoms with E-state index in [0.29, 0.717) is 40.4 Å². The fourth-order valence-electron chi connectivity index (χ4n) is 2.31. The van der Waals surface area contributed by atoms with E-state index in [1.807, 2.05) is 0 Å². The number of rotatable bonds is 3. The summed E-state index contributed by atoms with van der Waals surface area (Å²) in [6.07, 6.45) is 0. The smallest absolute Gasteiger partial charge is 0.339 e. The summed E-state index contributed by atoms with van der Waals surface area (Å²) in [6.45, 7) is 0.901. The number of ether oxygens (including phenoxy) is 3. The topological polar surface area (TPSA) is 73.9 Å². The van der Waals surface area contributed by atoms with Crippen molar-refractivity contribution in [3.05, 3.63) is 52.0 Å². The predicted octanol–water partition coefficient (Wildman–Crippen LogP) is 3.26. The summed E-state index contributed by atoms with van der Waals surface area (Å²) in [4.78, 5) is 24.4. The molecule has 0 radical (unpaired) electrons. The normalized spacial score (nSPS) is 12.4. The summed E-state index contributed by atoms with van der Waals surface area (Å²) in [5.74, 6) is 0.192. The summed E-state index contributed by atoms with van der Waals surface area (Å²) in [7, 11) is 1.29. The van der Waals surface area contributed by atoms with Crippen molar-refractivity contribution in [1.82, 2.24) is 0 Å². The van der Waals surface area contributed by atoms with Gasteiger partial charge in [-0.3, -0.25) is 4.79 Å². The van der Waals surface area contributed by atoms with Crippen molar-refractivity contribution < 1.29 is 23.8 Å². The lowest BCUT2D eigenvalue weighted by Gasteiger charge is -2.20. The molecule has 0 aromatic heterocycles. The van der Waals surface area contributed by atoms with Gasteiger partial charge in [-0.25, -0.2) is 4.79 Å². The number of fused-ring (bicyclic) bond motifs is 1. The van der Waals surface area contributed by atoms with Crippen LogP contribution in [0.25, 0.3) is 0 Å². The summed E-state index contributed by atoms with van der Waals surface area (Å²) in [5.41, 5.74) is 1.03. The molecule has 7 heteroatoms. The summed E-state index contributed by atoms with van der Waals surface area (Å²) in [6, 6.07) is 9.93. The first-order valence-electron chi connectivity index (χ1n) is 7.18. The van der Waals surface area contributed by atoms with Crippen LogP contribution in [0.3, 0.4) is 0 Å². The SMILES string of the molecule is COC(=O)c1ccccc1NC(=O)c1cc2c(cc1Br)OCCO2. The number of amides is 1. The Bertz CT molecular complexity index is 806. The van der Waals surface area contributed by atoms with Gasteiger partial charge in [-0.1, -0.05) is 12.1 Å². The third-order valence-electron chi connectivity index (χ3n) is 3.46. The molecule has 24 heavy (non-hydrogen) atoms. The van der Waals surface area contributed by atoms with Crippen molar-refractivity contribution in [2.45, 2.75) is 0 Å². The van der Waals surface area contributed by atoms with E-state index >= 15 is 0 Å². The summed E-state index contributed by atoms with van der Waals surface area (Å²) in [5, 5.41) is 2.72. The Kier molecular flexibility index (Phi) is 4.71. The third kappa shape index (κ3) is 3.21. The van der Waals surface area contributed by atoms with Crippen molar-refractivity contribution in [1.29, 1.82) is 0 Å². The molecule has 2 aromatic rings. The monoisotopic (exact) mass is 391 g/mol.